The summed E-state index contributed by atoms with van der Waals surface area (Å²) >= 11 is 0. The molecule has 0 rings (SSSR count). The van der Waals surface area contributed by atoms with Crippen LogP contribution in [0, 0.1) is 0 Å². The van der Waals surface area contributed by atoms with Crippen LogP contribution in [0.3, 0.4) is 0 Å². The normalized spacial score (nSPS) is 12.8. The predicted molar refractivity (Wildman–Crippen MR) is 339 cm³/mol. The van der Waals surface area contributed by atoms with Gasteiger partial charge in [-0.3, -0.25) is 14.4 Å². The van der Waals surface area contributed by atoms with Crippen molar-refractivity contribution < 1.29 is 28.6 Å². The summed E-state index contributed by atoms with van der Waals surface area (Å²) in [6.45, 7) is 6.39. The van der Waals surface area contributed by atoms with E-state index in [0.29, 0.717) is 19.3 Å². The van der Waals surface area contributed by atoms with E-state index in [1.807, 2.05) is 0 Å². The zero-order chi connectivity index (χ0) is 56.4. The first kappa shape index (κ1) is 74.1. The highest BCUT2D eigenvalue weighted by Crippen LogP contribution is 2.16. The van der Waals surface area contributed by atoms with Crippen LogP contribution in [-0.4, -0.2) is 37.2 Å². The Hall–Kier alpha value is -3.93. The van der Waals surface area contributed by atoms with Crippen LogP contribution in [0.15, 0.2) is 109 Å². The lowest BCUT2D eigenvalue weighted by Gasteiger charge is -2.18. The Kier molecular flexibility index (Phi) is 62.3. The molecule has 0 spiro atoms. The van der Waals surface area contributed by atoms with Crippen LogP contribution < -0.4 is 0 Å². The fourth-order valence-electron chi connectivity index (χ4n) is 9.13. The van der Waals surface area contributed by atoms with E-state index in [4.69, 9.17) is 14.2 Å². The second-order valence-corrected chi connectivity index (χ2v) is 21.6. The quantitative estimate of drug-likeness (QED) is 0.0261. The Morgan fingerprint density at radius 3 is 0.795 bits per heavy atom. The number of allylic oxidation sites excluding steroid dienone is 18. The van der Waals surface area contributed by atoms with Crippen molar-refractivity contribution >= 4 is 17.9 Å². The number of carbonyl (C=O) groups is 3. The predicted octanol–water partition coefficient (Wildman–Crippen LogP) is 22.6. The maximum Gasteiger partial charge on any atom is 0.306 e. The second-order valence-electron chi connectivity index (χ2n) is 21.6. The van der Waals surface area contributed by atoms with Crippen molar-refractivity contribution in [1.29, 1.82) is 0 Å². The van der Waals surface area contributed by atoms with Gasteiger partial charge in [-0.2, -0.15) is 0 Å². The van der Waals surface area contributed by atoms with Crippen molar-refractivity contribution in [2.45, 2.75) is 316 Å². The van der Waals surface area contributed by atoms with E-state index in [9.17, 15) is 14.4 Å². The maximum atomic E-state index is 12.9. The summed E-state index contributed by atoms with van der Waals surface area (Å²) < 4.78 is 16.9. The minimum Gasteiger partial charge on any atom is -0.462 e. The fourth-order valence-corrected chi connectivity index (χ4v) is 9.13. The van der Waals surface area contributed by atoms with E-state index in [0.717, 1.165) is 122 Å². The van der Waals surface area contributed by atoms with Gasteiger partial charge in [-0.05, 0) is 122 Å². The summed E-state index contributed by atoms with van der Waals surface area (Å²) in [5, 5.41) is 0. The number of hydrogen-bond acceptors (Lipinski definition) is 6. The summed E-state index contributed by atoms with van der Waals surface area (Å²) in [5.74, 6) is -0.919. The Labute approximate surface area is 482 Å². The van der Waals surface area contributed by atoms with Gasteiger partial charge in [0.05, 0.1) is 0 Å². The third kappa shape index (κ3) is 62.9. The molecular formula is C72H122O6. The van der Waals surface area contributed by atoms with Crippen LogP contribution in [0.4, 0.5) is 0 Å². The Balaban J connectivity index is 4.26. The van der Waals surface area contributed by atoms with E-state index in [-0.39, 0.29) is 31.1 Å². The third-order valence-corrected chi connectivity index (χ3v) is 14.0. The largest absolute Gasteiger partial charge is 0.462 e. The van der Waals surface area contributed by atoms with Gasteiger partial charge in [-0.1, -0.05) is 278 Å². The van der Waals surface area contributed by atoms with Crippen LogP contribution in [0.5, 0.6) is 0 Å². The average molecular weight is 1080 g/mol. The zero-order valence-electron chi connectivity index (χ0n) is 51.2. The highest BCUT2D eigenvalue weighted by molar-refractivity contribution is 5.71. The van der Waals surface area contributed by atoms with E-state index < -0.39 is 6.10 Å². The van der Waals surface area contributed by atoms with Gasteiger partial charge in [0.15, 0.2) is 6.10 Å². The molecule has 1 atom stereocenters. The highest BCUT2D eigenvalue weighted by Gasteiger charge is 2.19. The monoisotopic (exact) mass is 1080 g/mol. The Morgan fingerprint density at radius 2 is 0.500 bits per heavy atom. The zero-order valence-corrected chi connectivity index (χ0v) is 51.2. The lowest BCUT2D eigenvalue weighted by Crippen LogP contribution is -2.30. The fraction of sp³-hybridized carbons (Fsp3) is 0.708. The number of ether oxygens (including phenoxy) is 3. The summed E-state index contributed by atoms with van der Waals surface area (Å²) in [6.07, 6.45) is 89.7. The van der Waals surface area contributed by atoms with Gasteiger partial charge >= 0.3 is 17.9 Å². The topological polar surface area (TPSA) is 78.9 Å². The minimum absolute atomic E-state index is 0.0897. The Bertz CT molecular complexity index is 1570. The molecule has 0 N–H and O–H groups in total. The molecule has 446 valence electrons. The molecule has 0 aliphatic rings. The molecule has 0 aliphatic carbocycles. The molecule has 0 aliphatic heterocycles. The Morgan fingerprint density at radius 1 is 0.269 bits per heavy atom. The van der Waals surface area contributed by atoms with Crippen LogP contribution in [0.2, 0.25) is 0 Å². The van der Waals surface area contributed by atoms with Crippen LogP contribution >= 0.6 is 0 Å². The molecule has 0 radical (unpaired) electrons. The molecule has 6 nitrogen and oxygen atoms in total. The highest BCUT2D eigenvalue weighted by atomic mass is 16.6. The molecule has 0 heterocycles. The molecule has 0 amide bonds. The van der Waals surface area contributed by atoms with Gasteiger partial charge in [0.25, 0.3) is 0 Å². The van der Waals surface area contributed by atoms with Crippen LogP contribution in [0.25, 0.3) is 0 Å². The van der Waals surface area contributed by atoms with Crippen LogP contribution in [-0.2, 0) is 28.6 Å². The molecule has 0 fully saturated rings. The van der Waals surface area contributed by atoms with Crippen molar-refractivity contribution in [2.24, 2.45) is 0 Å². The first-order valence-electron chi connectivity index (χ1n) is 32.9. The molecule has 1 unspecified atom stereocenters. The molecule has 0 aromatic heterocycles. The lowest BCUT2D eigenvalue weighted by atomic mass is 10.0. The molecule has 0 aromatic rings. The van der Waals surface area contributed by atoms with E-state index in [2.05, 4.69) is 130 Å². The molecular weight excluding hydrogens is 961 g/mol. The standard InChI is InChI=1S/C72H122O6/c1-4-7-10-13-16-19-22-25-27-29-31-32-33-34-35-36-37-38-39-40-41-43-44-47-50-53-56-59-62-65-71(74)77-68-69(67-76-70(73)64-61-58-55-52-49-46-24-21-18-15-12-9-6-3)78-72(75)66-63-60-57-54-51-48-45-42-30-28-26-23-20-17-14-11-8-5-2/h7,9-10,12,16,18-21,23,25,27-28,30-32,46,49,69H,4-6,8,11,13-15,17,22,24,26,29,33-45,47-48,50-68H2,1-3H3/b10-7-,12-9-,19-16-,21-18-,23-20-,27-25-,30-28-,32-31-,49-46-. The van der Waals surface area contributed by atoms with Gasteiger partial charge in [-0.15, -0.1) is 0 Å². The molecule has 0 saturated carbocycles. The summed E-state index contributed by atoms with van der Waals surface area (Å²) in [4.78, 5) is 38.3. The van der Waals surface area contributed by atoms with Crippen molar-refractivity contribution in [2.75, 3.05) is 13.2 Å². The summed E-state index contributed by atoms with van der Waals surface area (Å²) in [5.41, 5.74) is 0. The summed E-state index contributed by atoms with van der Waals surface area (Å²) in [7, 11) is 0. The van der Waals surface area contributed by atoms with Gasteiger partial charge < -0.3 is 14.2 Å². The number of hydrogen-bond donors (Lipinski definition) is 0. The average Bonchev–Trinajstić information content (AvgIpc) is 3.44. The SMILES string of the molecule is CC/C=C\C/C=C\C/C=C\C/C=C\CCCCCCCCCCCCCCCCCCC(=O)OCC(COC(=O)CCCCC/C=C\C/C=C\C/C=C\CC)OC(=O)CCCCCCCCC/C=C\C/C=C\CCCCCC. The van der Waals surface area contributed by atoms with Crippen molar-refractivity contribution in [3.05, 3.63) is 109 Å². The van der Waals surface area contributed by atoms with E-state index in [1.54, 1.807) is 0 Å². The second kappa shape index (κ2) is 65.6. The smallest absolute Gasteiger partial charge is 0.306 e. The first-order chi connectivity index (χ1) is 38.5. The minimum atomic E-state index is -0.796. The summed E-state index contributed by atoms with van der Waals surface area (Å²) in [6, 6.07) is 0. The molecule has 6 heteroatoms. The van der Waals surface area contributed by atoms with Gasteiger partial charge in [-0.25, -0.2) is 0 Å². The van der Waals surface area contributed by atoms with E-state index >= 15 is 0 Å². The van der Waals surface area contributed by atoms with Crippen LogP contribution in [0.1, 0.15) is 310 Å². The van der Waals surface area contributed by atoms with Gasteiger partial charge in [0.2, 0.25) is 0 Å². The molecule has 0 bridgehead atoms. The van der Waals surface area contributed by atoms with Crippen molar-refractivity contribution in [3.63, 3.8) is 0 Å². The number of esters is 3. The van der Waals surface area contributed by atoms with Gasteiger partial charge in [0.1, 0.15) is 13.2 Å². The molecule has 0 aromatic carbocycles. The lowest BCUT2D eigenvalue weighted by molar-refractivity contribution is -0.167. The van der Waals surface area contributed by atoms with Crippen molar-refractivity contribution in [1.82, 2.24) is 0 Å². The number of unbranched alkanes of at least 4 members (excludes halogenated alkanes) is 30. The maximum absolute atomic E-state index is 12.9. The first-order valence-corrected chi connectivity index (χ1v) is 32.9. The van der Waals surface area contributed by atoms with E-state index in [1.165, 1.54) is 148 Å². The molecule has 78 heavy (non-hydrogen) atoms. The number of rotatable bonds is 59. The van der Waals surface area contributed by atoms with Crippen molar-refractivity contribution in [3.8, 4) is 0 Å². The third-order valence-electron chi connectivity index (χ3n) is 14.0. The number of carbonyl (C=O) groups excluding carboxylic acids is 3. The molecule has 0 saturated heterocycles. The van der Waals surface area contributed by atoms with Gasteiger partial charge in [0, 0.05) is 19.3 Å².